The summed E-state index contributed by atoms with van der Waals surface area (Å²) in [6.45, 7) is 2.24. The zero-order chi connectivity index (χ0) is 14.7. The molecule has 1 aromatic carbocycles. The second-order valence-corrected chi connectivity index (χ2v) is 7.24. The maximum absolute atomic E-state index is 12.3. The second-order valence-electron chi connectivity index (χ2n) is 5.60. The van der Waals surface area contributed by atoms with Crippen molar-refractivity contribution in [2.45, 2.75) is 49.5 Å². The van der Waals surface area contributed by atoms with Crippen LogP contribution >= 0.6 is 11.8 Å². The van der Waals surface area contributed by atoms with E-state index in [0.717, 1.165) is 11.4 Å². The van der Waals surface area contributed by atoms with Gasteiger partial charge in [-0.25, -0.2) is 0 Å². The Morgan fingerprint density at radius 2 is 2.00 bits per heavy atom. The highest BCUT2D eigenvalue weighted by Gasteiger charge is 2.22. The normalized spacial score (nSPS) is 19.3. The Morgan fingerprint density at radius 1 is 1.24 bits per heavy atom. The van der Waals surface area contributed by atoms with Gasteiger partial charge in [0.15, 0.2) is 11.5 Å². The molecule has 2 aliphatic rings. The van der Waals surface area contributed by atoms with E-state index in [1.165, 1.54) is 32.1 Å². The maximum Gasteiger partial charge on any atom is 0.237 e. The lowest BCUT2D eigenvalue weighted by Crippen LogP contribution is -2.25. The third-order valence-electron chi connectivity index (χ3n) is 3.96. The molecule has 114 valence electrons. The van der Waals surface area contributed by atoms with Crippen molar-refractivity contribution in [2.75, 3.05) is 12.1 Å². The highest BCUT2D eigenvalue weighted by atomic mass is 32.2. The fourth-order valence-electron chi connectivity index (χ4n) is 2.77. The third-order valence-corrected chi connectivity index (χ3v) is 5.44. The van der Waals surface area contributed by atoms with Gasteiger partial charge in [-0.3, -0.25) is 4.79 Å². The third kappa shape index (κ3) is 3.64. The number of anilines is 1. The minimum atomic E-state index is -0.0291. The fraction of sp³-hybridized carbons (Fsp3) is 0.562. The van der Waals surface area contributed by atoms with Crippen LogP contribution in [0.5, 0.6) is 11.5 Å². The number of fused-ring (bicyclic) bond motifs is 1. The van der Waals surface area contributed by atoms with E-state index in [1.807, 2.05) is 25.1 Å². The van der Waals surface area contributed by atoms with Crippen molar-refractivity contribution in [2.24, 2.45) is 0 Å². The molecule has 21 heavy (non-hydrogen) atoms. The van der Waals surface area contributed by atoms with E-state index in [1.54, 1.807) is 11.8 Å². The van der Waals surface area contributed by atoms with Gasteiger partial charge in [0.05, 0.1) is 5.25 Å². The average molecular weight is 307 g/mol. The molecule has 0 radical (unpaired) electrons. The molecular formula is C16H21NO3S. The van der Waals surface area contributed by atoms with Gasteiger partial charge in [0.25, 0.3) is 0 Å². The lowest BCUT2D eigenvalue weighted by molar-refractivity contribution is -0.115. The number of benzene rings is 1. The first-order valence-electron chi connectivity index (χ1n) is 7.58. The largest absolute Gasteiger partial charge is 0.454 e. The summed E-state index contributed by atoms with van der Waals surface area (Å²) >= 11 is 1.81. The summed E-state index contributed by atoms with van der Waals surface area (Å²) < 4.78 is 10.6. The van der Waals surface area contributed by atoms with E-state index in [9.17, 15) is 4.79 Å². The quantitative estimate of drug-likeness (QED) is 0.919. The minimum absolute atomic E-state index is 0.0291. The molecule has 0 aromatic heterocycles. The zero-order valence-electron chi connectivity index (χ0n) is 12.3. The molecule has 1 heterocycles. The minimum Gasteiger partial charge on any atom is -0.454 e. The molecule has 0 spiro atoms. The summed E-state index contributed by atoms with van der Waals surface area (Å²) in [5, 5.41) is 3.57. The predicted octanol–water partition coefficient (Wildman–Crippen LogP) is 3.81. The first-order chi connectivity index (χ1) is 10.2. The molecule has 1 fully saturated rings. The lowest BCUT2D eigenvalue weighted by Gasteiger charge is -2.23. The number of carbonyl (C=O) groups excluding carboxylic acids is 1. The van der Waals surface area contributed by atoms with Crippen LogP contribution in [0.25, 0.3) is 0 Å². The summed E-state index contributed by atoms with van der Waals surface area (Å²) in [6, 6.07) is 5.50. The van der Waals surface area contributed by atoms with Crippen LogP contribution < -0.4 is 14.8 Å². The molecule has 1 atom stereocenters. The van der Waals surface area contributed by atoms with Gasteiger partial charge >= 0.3 is 0 Å². The van der Waals surface area contributed by atoms with Crippen LogP contribution in [-0.4, -0.2) is 23.2 Å². The summed E-state index contributed by atoms with van der Waals surface area (Å²) in [7, 11) is 0. The summed E-state index contributed by atoms with van der Waals surface area (Å²) in [6.07, 6.45) is 6.43. The number of thioether (sulfide) groups is 1. The van der Waals surface area contributed by atoms with Gasteiger partial charge in [0.2, 0.25) is 12.7 Å². The van der Waals surface area contributed by atoms with Gasteiger partial charge < -0.3 is 14.8 Å². The van der Waals surface area contributed by atoms with Gasteiger partial charge in [0.1, 0.15) is 0 Å². The van der Waals surface area contributed by atoms with Crippen LogP contribution in [0.15, 0.2) is 18.2 Å². The van der Waals surface area contributed by atoms with E-state index in [2.05, 4.69) is 5.32 Å². The van der Waals surface area contributed by atoms with E-state index in [4.69, 9.17) is 9.47 Å². The highest BCUT2D eigenvalue weighted by molar-refractivity contribution is 8.01. The molecule has 4 nitrogen and oxygen atoms in total. The number of ether oxygens (including phenoxy) is 2. The second kappa shape index (κ2) is 6.60. The van der Waals surface area contributed by atoms with Crippen LogP contribution in [0.4, 0.5) is 5.69 Å². The molecule has 0 saturated heterocycles. The van der Waals surface area contributed by atoms with E-state index in [-0.39, 0.29) is 18.0 Å². The molecule has 1 amide bonds. The van der Waals surface area contributed by atoms with Gasteiger partial charge in [-0.15, -0.1) is 11.8 Å². The lowest BCUT2D eigenvalue weighted by atomic mass is 10.0. The van der Waals surface area contributed by atoms with Crippen molar-refractivity contribution in [3.8, 4) is 11.5 Å². The van der Waals surface area contributed by atoms with E-state index >= 15 is 0 Å². The van der Waals surface area contributed by atoms with Crippen LogP contribution in [-0.2, 0) is 4.79 Å². The molecule has 1 aromatic rings. The zero-order valence-corrected chi connectivity index (χ0v) is 13.1. The first kappa shape index (κ1) is 14.6. The monoisotopic (exact) mass is 307 g/mol. The number of rotatable bonds is 4. The molecule has 3 rings (SSSR count). The molecule has 1 N–H and O–H groups in total. The molecule has 1 saturated carbocycles. The van der Waals surface area contributed by atoms with Crippen molar-refractivity contribution in [3.63, 3.8) is 0 Å². The van der Waals surface area contributed by atoms with E-state index < -0.39 is 0 Å². The molecule has 5 heteroatoms. The summed E-state index contributed by atoms with van der Waals surface area (Å²) in [5.41, 5.74) is 0.764. The number of hydrogen-bond donors (Lipinski definition) is 1. The summed E-state index contributed by atoms with van der Waals surface area (Å²) in [5.74, 6) is 1.49. The van der Waals surface area contributed by atoms with Gasteiger partial charge in [-0.1, -0.05) is 19.3 Å². The molecule has 1 aliphatic carbocycles. The van der Waals surface area contributed by atoms with Crippen molar-refractivity contribution in [1.82, 2.24) is 0 Å². The molecule has 1 unspecified atom stereocenters. The number of carbonyl (C=O) groups is 1. The number of nitrogens with one attached hydrogen (secondary N) is 1. The Morgan fingerprint density at radius 3 is 2.81 bits per heavy atom. The summed E-state index contributed by atoms with van der Waals surface area (Å²) in [4.78, 5) is 12.3. The van der Waals surface area contributed by atoms with Crippen LogP contribution in [0, 0.1) is 0 Å². The van der Waals surface area contributed by atoms with Crippen molar-refractivity contribution >= 4 is 23.4 Å². The van der Waals surface area contributed by atoms with Gasteiger partial charge in [-0.05, 0) is 31.9 Å². The number of hydrogen-bond acceptors (Lipinski definition) is 4. The Bertz CT molecular complexity index is 514. The van der Waals surface area contributed by atoms with Crippen LogP contribution in [0.3, 0.4) is 0 Å². The highest BCUT2D eigenvalue weighted by Crippen LogP contribution is 2.35. The van der Waals surface area contributed by atoms with Crippen molar-refractivity contribution < 1.29 is 14.3 Å². The Kier molecular flexibility index (Phi) is 4.58. The smallest absolute Gasteiger partial charge is 0.237 e. The molecule has 0 bridgehead atoms. The Hall–Kier alpha value is -1.36. The molecular weight excluding hydrogens is 286 g/mol. The van der Waals surface area contributed by atoms with Crippen molar-refractivity contribution in [3.05, 3.63) is 18.2 Å². The predicted molar refractivity (Wildman–Crippen MR) is 85.1 cm³/mol. The fourth-order valence-corrected chi connectivity index (χ4v) is 4.14. The number of amides is 1. The van der Waals surface area contributed by atoms with Gasteiger partial charge in [-0.2, -0.15) is 0 Å². The average Bonchev–Trinajstić information content (AvgIpc) is 2.95. The topological polar surface area (TPSA) is 47.6 Å². The van der Waals surface area contributed by atoms with Crippen LogP contribution in [0.1, 0.15) is 39.0 Å². The van der Waals surface area contributed by atoms with E-state index in [0.29, 0.717) is 11.0 Å². The standard InChI is InChI=1S/C16H21NO3S/c1-11(21-13-5-3-2-4-6-13)16(18)17-12-7-8-14-15(9-12)20-10-19-14/h7-9,11,13H,2-6,10H2,1H3,(H,17,18). The van der Waals surface area contributed by atoms with Gasteiger partial charge in [0, 0.05) is 17.0 Å². The van der Waals surface area contributed by atoms with Crippen molar-refractivity contribution in [1.29, 1.82) is 0 Å². The molecule has 1 aliphatic heterocycles. The Balaban J connectivity index is 1.55. The first-order valence-corrected chi connectivity index (χ1v) is 8.52. The SMILES string of the molecule is CC(SC1CCCCC1)C(=O)Nc1ccc2c(c1)OCO2. The maximum atomic E-state index is 12.3. The van der Waals surface area contributed by atoms with Crippen LogP contribution in [0.2, 0.25) is 0 Å². The Labute approximate surface area is 129 Å².